The maximum absolute atomic E-state index is 12.9. The molecule has 35 heavy (non-hydrogen) atoms. The topological polar surface area (TPSA) is 81.5 Å². The van der Waals surface area contributed by atoms with Crippen molar-refractivity contribution in [3.63, 3.8) is 0 Å². The number of nitrogens with zero attached hydrogens (tertiary/aromatic N) is 5. The molecule has 1 fully saturated rings. The van der Waals surface area contributed by atoms with E-state index in [2.05, 4.69) is 57.9 Å². The van der Waals surface area contributed by atoms with E-state index in [1.54, 1.807) is 4.90 Å². The van der Waals surface area contributed by atoms with Gasteiger partial charge >= 0.3 is 6.09 Å². The van der Waals surface area contributed by atoms with Crippen LogP contribution < -0.4 is 4.90 Å². The maximum atomic E-state index is 12.9. The lowest BCUT2D eigenvalue weighted by molar-refractivity contribution is 0.0977. The van der Waals surface area contributed by atoms with E-state index in [0.717, 1.165) is 16.8 Å². The van der Waals surface area contributed by atoms with Crippen molar-refractivity contribution in [1.82, 2.24) is 4.90 Å². The second-order valence-corrected chi connectivity index (χ2v) is 9.20. The van der Waals surface area contributed by atoms with Gasteiger partial charge in [0.2, 0.25) is 0 Å². The van der Waals surface area contributed by atoms with Crippen LogP contribution in [-0.4, -0.2) is 43.8 Å². The van der Waals surface area contributed by atoms with Crippen LogP contribution in [0.25, 0.3) is 21.6 Å². The van der Waals surface area contributed by atoms with Crippen LogP contribution in [-0.2, 0) is 10.5 Å². The molecule has 5 rings (SSSR count). The monoisotopic (exact) mass is 485 g/mol. The van der Waals surface area contributed by atoms with Gasteiger partial charge in [-0.1, -0.05) is 53.6 Å². The zero-order chi connectivity index (χ0) is 24.4. The first kappa shape index (κ1) is 23.1. The van der Waals surface area contributed by atoms with E-state index in [1.165, 1.54) is 22.3 Å². The molecule has 3 aromatic rings. The fourth-order valence-electron chi connectivity index (χ4n) is 5.13. The Bertz CT molecular complexity index is 1270. The van der Waals surface area contributed by atoms with Crippen LogP contribution in [0.3, 0.4) is 0 Å². The molecule has 0 atom stereocenters. The van der Waals surface area contributed by atoms with Crippen LogP contribution in [0.1, 0.15) is 28.2 Å². The molecule has 1 aliphatic carbocycles. The van der Waals surface area contributed by atoms with Gasteiger partial charge in [-0.2, -0.15) is 12.6 Å². The average Bonchev–Trinajstić information content (AvgIpc) is 3.22. The average molecular weight is 486 g/mol. The second-order valence-electron chi connectivity index (χ2n) is 8.88. The van der Waals surface area contributed by atoms with Gasteiger partial charge in [0.05, 0.1) is 0 Å². The van der Waals surface area contributed by atoms with Crippen molar-refractivity contribution >= 4 is 30.1 Å². The van der Waals surface area contributed by atoms with E-state index in [-0.39, 0.29) is 12.0 Å². The Balaban J connectivity index is 1.24. The van der Waals surface area contributed by atoms with E-state index in [0.29, 0.717) is 44.2 Å². The van der Waals surface area contributed by atoms with Crippen LogP contribution in [0.2, 0.25) is 0 Å². The van der Waals surface area contributed by atoms with Gasteiger partial charge in [0, 0.05) is 54.1 Å². The van der Waals surface area contributed by atoms with Gasteiger partial charge in [-0.05, 0) is 58.0 Å². The molecule has 1 amide bonds. The Labute approximate surface area is 210 Å². The molecular weight excluding hydrogens is 458 g/mol. The fraction of sp³-hybridized carbons (Fsp3) is 0.296. The molecule has 0 radical (unpaired) electrons. The summed E-state index contributed by atoms with van der Waals surface area (Å²) in [4.78, 5) is 19.9. The lowest BCUT2D eigenvalue weighted by atomic mass is 9.98. The number of carbonyl (C=O) groups is 1. The molecule has 0 bridgehead atoms. The van der Waals surface area contributed by atoms with Crippen molar-refractivity contribution in [3.05, 3.63) is 93.4 Å². The van der Waals surface area contributed by atoms with Crippen molar-refractivity contribution < 1.29 is 9.53 Å². The van der Waals surface area contributed by atoms with Gasteiger partial charge in [-0.3, -0.25) is 0 Å². The smallest absolute Gasteiger partial charge is 0.409 e. The third kappa shape index (κ3) is 4.43. The number of rotatable bonds is 5. The molecule has 0 N–H and O–H groups in total. The number of hydrogen-bond donors (Lipinski definition) is 1. The molecule has 0 saturated carbocycles. The fourth-order valence-corrected chi connectivity index (χ4v) is 5.31. The van der Waals surface area contributed by atoms with Crippen LogP contribution in [0, 0.1) is 6.92 Å². The Morgan fingerprint density at radius 3 is 2.29 bits per heavy atom. The van der Waals surface area contributed by atoms with Gasteiger partial charge in [-0.15, -0.1) is 0 Å². The Hall–Kier alpha value is -3.61. The summed E-state index contributed by atoms with van der Waals surface area (Å²) >= 11 is 4.38. The number of anilines is 1. The lowest BCUT2D eigenvalue weighted by Crippen LogP contribution is -2.49. The third-order valence-electron chi connectivity index (χ3n) is 6.96. The summed E-state index contributed by atoms with van der Waals surface area (Å²) in [5, 5.41) is 3.84. The molecule has 7 nitrogen and oxygen atoms in total. The highest BCUT2D eigenvalue weighted by molar-refractivity contribution is 7.79. The van der Waals surface area contributed by atoms with Crippen LogP contribution in [0.4, 0.5) is 16.2 Å². The zero-order valence-corrected chi connectivity index (χ0v) is 20.5. The standard InChI is InChI=1S/C27H27N5O2S/c1-18-25(29-30-28)14-19(17-35)15-26(18)31-10-12-32(13-11-31)27(33)34-16-24-22-8-4-2-6-20(22)21-7-3-5-9-23(21)24/h2-9,14-15,24,35H,10-13,16-17H2,1H3. The molecular formula is C27H27N5O2S. The van der Waals surface area contributed by atoms with E-state index in [4.69, 9.17) is 10.3 Å². The summed E-state index contributed by atoms with van der Waals surface area (Å²) in [6.45, 7) is 4.77. The minimum atomic E-state index is -0.276. The minimum Gasteiger partial charge on any atom is -0.448 e. The molecule has 178 valence electrons. The summed E-state index contributed by atoms with van der Waals surface area (Å²) in [7, 11) is 0. The first-order chi connectivity index (χ1) is 17.1. The largest absolute Gasteiger partial charge is 0.448 e. The number of thiol groups is 1. The van der Waals surface area contributed by atoms with Crippen molar-refractivity contribution in [2.45, 2.75) is 18.6 Å². The van der Waals surface area contributed by atoms with Crippen molar-refractivity contribution in [2.24, 2.45) is 5.11 Å². The van der Waals surface area contributed by atoms with Gasteiger partial charge < -0.3 is 14.5 Å². The summed E-state index contributed by atoms with van der Waals surface area (Å²) in [6.07, 6.45) is -0.276. The first-order valence-electron chi connectivity index (χ1n) is 11.7. The summed E-state index contributed by atoms with van der Waals surface area (Å²) in [5.41, 5.74) is 17.3. The number of ether oxygens (including phenoxy) is 1. The summed E-state index contributed by atoms with van der Waals surface area (Å²) < 4.78 is 5.83. The summed E-state index contributed by atoms with van der Waals surface area (Å²) in [5.74, 6) is 0.611. The van der Waals surface area contributed by atoms with Gasteiger partial charge in [0.1, 0.15) is 6.61 Å². The Kier molecular flexibility index (Phi) is 6.57. The highest BCUT2D eigenvalue weighted by Gasteiger charge is 2.30. The van der Waals surface area contributed by atoms with Gasteiger partial charge in [0.25, 0.3) is 0 Å². The zero-order valence-electron chi connectivity index (χ0n) is 19.6. The van der Waals surface area contributed by atoms with Crippen LogP contribution in [0.5, 0.6) is 0 Å². The van der Waals surface area contributed by atoms with Crippen molar-refractivity contribution in [3.8, 4) is 11.1 Å². The predicted octanol–water partition coefficient (Wildman–Crippen LogP) is 6.44. The number of fused-ring (bicyclic) bond motifs is 3. The highest BCUT2D eigenvalue weighted by Crippen LogP contribution is 2.44. The summed E-state index contributed by atoms with van der Waals surface area (Å²) in [6, 6.07) is 20.6. The maximum Gasteiger partial charge on any atom is 0.409 e. The molecule has 2 aliphatic rings. The molecule has 0 aromatic heterocycles. The molecule has 0 unspecified atom stereocenters. The van der Waals surface area contributed by atoms with Gasteiger partial charge in [0.15, 0.2) is 0 Å². The lowest BCUT2D eigenvalue weighted by Gasteiger charge is -2.36. The third-order valence-corrected chi connectivity index (χ3v) is 7.33. The molecule has 1 aliphatic heterocycles. The van der Waals surface area contributed by atoms with Crippen LogP contribution >= 0.6 is 12.6 Å². The van der Waals surface area contributed by atoms with Crippen molar-refractivity contribution in [2.75, 3.05) is 37.7 Å². The number of hydrogen-bond acceptors (Lipinski definition) is 5. The van der Waals surface area contributed by atoms with E-state index in [9.17, 15) is 4.79 Å². The quantitative estimate of drug-likeness (QED) is 0.195. The van der Waals surface area contributed by atoms with Crippen LogP contribution in [0.15, 0.2) is 65.8 Å². The number of azide groups is 1. The number of piperazine rings is 1. The molecule has 8 heteroatoms. The molecule has 0 spiro atoms. The van der Waals surface area contributed by atoms with E-state index < -0.39 is 0 Å². The Morgan fingerprint density at radius 1 is 1.06 bits per heavy atom. The second kappa shape index (κ2) is 9.94. The minimum absolute atomic E-state index is 0.0540. The molecule has 1 saturated heterocycles. The SMILES string of the molecule is Cc1c(N=[N+]=[N-])cc(CS)cc1N1CCN(C(=O)OCC2c3ccccc3-c3ccccc32)CC1. The van der Waals surface area contributed by atoms with Gasteiger partial charge in [-0.25, -0.2) is 4.79 Å². The number of carbonyl (C=O) groups excluding carboxylic acids is 1. The molecule has 3 aromatic carbocycles. The number of amides is 1. The highest BCUT2D eigenvalue weighted by atomic mass is 32.1. The van der Waals surface area contributed by atoms with E-state index >= 15 is 0 Å². The predicted molar refractivity (Wildman–Crippen MR) is 142 cm³/mol. The van der Waals surface area contributed by atoms with E-state index in [1.807, 2.05) is 37.3 Å². The Morgan fingerprint density at radius 2 is 1.69 bits per heavy atom. The normalized spacial score (nSPS) is 14.8. The number of benzene rings is 3. The molecule has 1 heterocycles. The first-order valence-corrected chi connectivity index (χ1v) is 12.4. The van der Waals surface area contributed by atoms with Crippen molar-refractivity contribution in [1.29, 1.82) is 0 Å².